The van der Waals surface area contributed by atoms with Crippen LogP contribution in [0.25, 0.3) is 0 Å². The number of hydrogen-bond donors (Lipinski definition) is 1. The second-order valence-corrected chi connectivity index (χ2v) is 6.76. The van der Waals surface area contributed by atoms with Crippen molar-refractivity contribution in [3.63, 3.8) is 0 Å². The van der Waals surface area contributed by atoms with E-state index in [1.54, 1.807) is 6.92 Å². The Kier molecular flexibility index (Phi) is 7.11. The Morgan fingerprint density at radius 2 is 1.88 bits per heavy atom. The maximum Gasteiger partial charge on any atom is 0.219 e. The van der Waals surface area contributed by atoms with E-state index in [9.17, 15) is 13.6 Å². The van der Waals surface area contributed by atoms with Crippen LogP contribution in [0.3, 0.4) is 0 Å². The molecule has 0 spiro atoms. The van der Waals surface area contributed by atoms with Crippen molar-refractivity contribution in [2.24, 2.45) is 0 Å². The predicted octanol–water partition coefficient (Wildman–Crippen LogP) is 3.77. The van der Waals surface area contributed by atoms with Crippen LogP contribution in [0.2, 0.25) is 0 Å². The molecule has 0 radical (unpaired) electrons. The second kappa shape index (κ2) is 9.08. The zero-order valence-electron chi connectivity index (χ0n) is 14.7. The molecule has 0 atom stereocenters. The molecule has 25 heavy (non-hydrogen) atoms. The minimum Gasteiger partial charge on any atom is -0.346 e. The van der Waals surface area contributed by atoms with E-state index in [1.165, 1.54) is 12.1 Å². The van der Waals surface area contributed by atoms with Crippen LogP contribution < -0.4 is 5.32 Å². The highest BCUT2D eigenvalue weighted by Crippen LogP contribution is 2.20. The predicted molar refractivity (Wildman–Crippen MR) is 99.5 cm³/mol. The van der Waals surface area contributed by atoms with E-state index in [2.05, 4.69) is 17.1 Å². The van der Waals surface area contributed by atoms with Crippen molar-refractivity contribution in [3.8, 4) is 0 Å². The van der Waals surface area contributed by atoms with Gasteiger partial charge in [-0.1, -0.05) is 13.3 Å². The highest BCUT2D eigenvalue weighted by atomic mass is 32.1. The van der Waals surface area contributed by atoms with Crippen molar-refractivity contribution in [1.29, 1.82) is 0 Å². The van der Waals surface area contributed by atoms with Gasteiger partial charge < -0.3 is 15.1 Å². The van der Waals surface area contributed by atoms with Crippen LogP contribution in [0.5, 0.6) is 0 Å². The standard InChI is InChI=1S/C18H25F2N3OS/c1-3-4-7-23(17-5-8-22(9-6-17)13(2)24)18(25)21-16-11-14(19)10-15(20)12-16/h10-12,17H,3-9H2,1-2H3,(H,21,25). The van der Waals surface area contributed by atoms with Crippen molar-refractivity contribution in [2.45, 2.75) is 45.6 Å². The first kappa shape index (κ1) is 19.6. The number of unbranched alkanes of at least 4 members (excludes halogenated alkanes) is 1. The molecular weight excluding hydrogens is 344 g/mol. The van der Waals surface area contributed by atoms with Crippen LogP contribution in [0.4, 0.5) is 14.5 Å². The molecule has 1 amide bonds. The fraction of sp³-hybridized carbons (Fsp3) is 0.556. The molecule has 1 aromatic carbocycles. The third-order valence-electron chi connectivity index (χ3n) is 4.48. The average molecular weight is 369 g/mol. The number of halogens is 2. The quantitative estimate of drug-likeness (QED) is 0.802. The molecule has 1 fully saturated rings. The van der Waals surface area contributed by atoms with Gasteiger partial charge in [-0.2, -0.15) is 0 Å². The number of nitrogens with zero attached hydrogens (tertiary/aromatic N) is 2. The molecule has 1 heterocycles. The van der Waals surface area contributed by atoms with Gasteiger partial charge in [-0.05, 0) is 43.6 Å². The largest absolute Gasteiger partial charge is 0.346 e. The monoisotopic (exact) mass is 369 g/mol. The molecule has 4 nitrogen and oxygen atoms in total. The molecule has 0 unspecified atom stereocenters. The van der Waals surface area contributed by atoms with Gasteiger partial charge in [0.05, 0.1) is 0 Å². The van der Waals surface area contributed by atoms with E-state index in [4.69, 9.17) is 12.2 Å². The van der Waals surface area contributed by atoms with Crippen LogP contribution in [0, 0.1) is 11.6 Å². The fourth-order valence-electron chi connectivity index (χ4n) is 3.09. The van der Waals surface area contributed by atoms with Gasteiger partial charge in [0.2, 0.25) is 5.91 Å². The number of hydrogen-bond acceptors (Lipinski definition) is 2. The summed E-state index contributed by atoms with van der Waals surface area (Å²) in [4.78, 5) is 15.4. The van der Waals surface area contributed by atoms with Crippen molar-refractivity contribution >= 4 is 28.9 Å². The summed E-state index contributed by atoms with van der Waals surface area (Å²) in [5.74, 6) is -1.19. The number of rotatable bonds is 5. The zero-order chi connectivity index (χ0) is 18.4. The summed E-state index contributed by atoms with van der Waals surface area (Å²) in [5, 5.41) is 3.43. The minimum atomic E-state index is -0.639. The number of anilines is 1. The minimum absolute atomic E-state index is 0.0921. The number of piperidine rings is 1. The molecule has 0 aliphatic carbocycles. The van der Waals surface area contributed by atoms with Crippen molar-refractivity contribution in [3.05, 3.63) is 29.8 Å². The van der Waals surface area contributed by atoms with Gasteiger partial charge in [0, 0.05) is 44.4 Å². The molecule has 138 valence electrons. The Hall–Kier alpha value is -1.76. The maximum atomic E-state index is 13.4. The summed E-state index contributed by atoms with van der Waals surface area (Å²) < 4.78 is 26.8. The normalized spacial score (nSPS) is 15.1. The van der Waals surface area contributed by atoms with E-state index in [0.717, 1.165) is 38.3 Å². The van der Waals surface area contributed by atoms with Crippen LogP contribution in [-0.2, 0) is 4.79 Å². The van der Waals surface area contributed by atoms with Crippen LogP contribution >= 0.6 is 12.2 Å². The molecule has 1 saturated heterocycles. The number of nitrogens with one attached hydrogen (secondary N) is 1. The number of likely N-dealkylation sites (tertiary alicyclic amines) is 1. The van der Waals surface area contributed by atoms with Gasteiger partial charge in [-0.25, -0.2) is 8.78 Å². The van der Waals surface area contributed by atoms with Crippen molar-refractivity contribution < 1.29 is 13.6 Å². The summed E-state index contributed by atoms with van der Waals surface area (Å²) >= 11 is 5.51. The van der Waals surface area contributed by atoms with E-state index < -0.39 is 11.6 Å². The summed E-state index contributed by atoms with van der Waals surface area (Å²) in [7, 11) is 0. The first-order valence-corrected chi connectivity index (χ1v) is 9.10. The summed E-state index contributed by atoms with van der Waals surface area (Å²) in [6, 6.07) is 3.51. The van der Waals surface area contributed by atoms with Gasteiger partial charge in [-0.15, -0.1) is 0 Å². The number of benzene rings is 1. The van der Waals surface area contributed by atoms with Crippen molar-refractivity contribution in [1.82, 2.24) is 9.80 Å². The Morgan fingerprint density at radius 3 is 2.40 bits per heavy atom. The Bertz CT molecular complexity index is 598. The topological polar surface area (TPSA) is 35.6 Å². The lowest BCUT2D eigenvalue weighted by atomic mass is 10.0. The smallest absolute Gasteiger partial charge is 0.219 e. The first-order valence-electron chi connectivity index (χ1n) is 8.70. The summed E-state index contributed by atoms with van der Waals surface area (Å²) in [5.41, 5.74) is 0.310. The molecule has 1 aromatic rings. The Morgan fingerprint density at radius 1 is 1.28 bits per heavy atom. The maximum absolute atomic E-state index is 13.4. The molecule has 0 aromatic heterocycles. The second-order valence-electron chi connectivity index (χ2n) is 6.37. The van der Waals surface area contributed by atoms with E-state index in [0.29, 0.717) is 23.9 Å². The van der Waals surface area contributed by atoms with E-state index >= 15 is 0 Å². The highest BCUT2D eigenvalue weighted by molar-refractivity contribution is 7.80. The zero-order valence-corrected chi connectivity index (χ0v) is 15.5. The summed E-state index contributed by atoms with van der Waals surface area (Å²) in [6.07, 6.45) is 3.68. The van der Waals surface area contributed by atoms with Gasteiger partial charge in [-0.3, -0.25) is 4.79 Å². The van der Waals surface area contributed by atoms with Crippen molar-refractivity contribution in [2.75, 3.05) is 25.0 Å². The molecule has 1 aliphatic rings. The number of carbonyl (C=O) groups is 1. The lowest BCUT2D eigenvalue weighted by Gasteiger charge is -2.39. The first-order chi connectivity index (χ1) is 11.9. The Labute approximate surface area is 153 Å². The summed E-state index contributed by atoms with van der Waals surface area (Å²) in [6.45, 7) is 5.89. The Balaban J connectivity index is 2.05. The van der Waals surface area contributed by atoms with Gasteiger partial charge in [0.25, 0.3) is 0 Å². The highest BCUT2D eigenvalue weighted by Gasteiger charge is 2.27. The molecule has 7 heteroatoms. The third-order valence-corrected chi connectivity index (χ3v) is 4.81. The van der Waals surface area contributed by atoms with Gasteiger partial charge in [0.1, 0.15) is 11.6 Å². The molecule has 2 rings (SSSR count). The lowest BCUT2D eigenvalue weighted by molar-refractivity contribution is -0.130. The van der Waals surface area contributed by atoms with Crippen LogP contribution in [0.1, 0.15) is 39.5 Å². The molecule has 0 bridgehead atoms. The van der Waals surface area contributed by atoms with Gasteiger partial charge >= 0.3 is 0 Å². The van der Waals surface area contributed by atoms with E-state index in [1.807, 2.05) is 4.90 Å². The van der Waals surface area contributed by atoms with Crippen LogP contribution in [0.15, 0.2) is 18.2 Å². The lowest BCUT2D eigenvalue weighted by Crippen LogP contribution is -2.49. The number of carbonyl (C=O) groups excluding carboxylic acids is 1. The third kappa shape index (κ3) is 5.63. The fourth-order valence-corrected chi connectivity index (χ4v) is 3.45. The SMILES string of the molecule is CCCCN(C(=S)Nc1cc(F)cc(F)c1)C1CCN(C(C)=O)CC1. The number of amides is 1. The molecule has 0 saturated carbocycles. The molecule has 1 N–H and O–H groups in total. The van der Waals surface area contributed by atoms with Gasteiger partial charge in [0.15, 0.2) is 5.11 Å². The molecule has 1 aliphatic heterocycles. The number of thiocarbonyl (C=S) groups is 1. The van der Waals surface area contributed by atoms with Crippen LogP contribution in [-0.4, -0.2) is 46.5 Å². The molecular formula is C18H25F2N3OS. The van der Waals surface area contributed by atoms with E-state index in [-0.39, 0.29) is 11.9 Å². The average Bonchev–Trinajstić information content (AvgIpc) is 2.54.